The minimum atomic E-state index is 0.00247. The van der Waals surface area contributed by atoms with Gasteiger partial charge < -0.3 is 5.32 Å². The number of imidazole rings is 1. The van der Waals surface area contributed by atoms with Gasteiger partial charge in [0.25, 0.3) is 0 Å². The van der Waals surface area contributed by atoms with Gasteiger partial charge in [-0.1, -0.05) is 43.8 Å². The van der Waals surface area contributed by atoms with Gasteiger partial charge in [-0.2, -0.15) is 0 Å². The molecule has 3 aromatic heterocycles. The largest absolute Gasteiger partial charge is 0.347 e. The van der Waals surface area contributed by atoms with Crippen LogP contribution in [0, 0.1) is 5.92 Å². The van der Waals surface area contributed by atoms with Crippen molar-refractivity contribution in [1.82, 2.24) is 24.9 Å². The van der Waals surface area contributed by atoms with Crippen molar-refractivity contribution < 1.29 is 4.79 Å². The maximum absolute atomic E-state index is 12.5. The number of H-pyrrole nitrogens is 1. The Hall–Kier alpha value is -2.32. The molecule has 1 amide bonds. The molecule has 6 nitrogen and oxygen atoms in total. The first-order valence-corrected chi connectivity index (χ1v) is 10.3. The molecule has 0 radical (unpaired) electrons. The fraction of sp³-hybridized carbons (Fsp3) is 0.278. The average Bonchev–Trinajstić information content (AvgIpc) is 3.34. The first-order valence-electron chi connectivity index (χ1n) is 8.40. The Morgan fingerprint density at radius 3 is 2.92 bits per heavy atom. The number of hydrogen-bond donors (Lipinski definition) is 2. The molecule has 0 aliphatic carbocycles. The summed E-state index contributed by atoms with van der Waals surface area (Å²) in [6.07, 6.45) is 0. The Morgan fingerprint density at radius 2 is 2.15 bits per heavy atom. The van der Waals surface area contributed by atoms with E-state index in [0.29, 0.717) is 17.4 Å². The lowest BCUT2D eigenvalue weighted by Crippen LogP contribution is -2.32. The number of thiophene rings is 1. The fourth-order valence-electron chi connectivity index (χ4n) is 2.92. The predicted molar refractivity (Wildman–Crippen MR) is 106 cm³/mol. The number of aromatic amines is 1. The Balaban J connectivity index is 1.48. The van der Waals surface area contributed by atoms with Gasteiger partial charge in [-0.3, -0.25) is 9.20 Å². The van der Waals surface area contributed by atoms with E-state index in [2.05, 4.69) is 40.4 Å². The summed E-state index contributed by atoms with van der Waals surface area (Å²) in [6, 6.07) is 12.0. The molecule has 3 heterocycles. The normalized spacial score (nSPS) is 12.9. The summed E-state index contributed by atoms with van der Waals surface area (Å²) in [5, 5.41) is 13.2. The molecule has 4 rings (SSSR count). The van der Waals surface area contributed by atoms with E-state index in [1.165, 1.54) is 16.6 Å². The van der Waals surface area contributed by atoms with E-state index in [-0.39, 0.29) is 11.9 Å². The highest BCUT2D eigenvalue weighted by Gasteiger charge is 2.20. The van der Waals surface area contributed by atoms with E-state index in [9.17, 15) is 4.79 Å². The highest BCUT2D eigenvalue weighted by atomic mass is 32.2. The number of para-hydroxylation sites is 2. The summed E-state index contributed by atoms with van der Waals surface area (Å²) in [7, 11) is 0. The van der Waals surface area contributed by atoms with Gasteiger partial charge in [0.05, 0.1) is 22.8 Å². The zero-order valence-electron chi connectivity index (χ0n) is 14.5. The fourth-order valence-corrected chi connectivity index (χ4v) is 4.64. The Labute approximate surface area is 159 Å². The van der Waals surface area contributed by atoms with Crippen LogP contribution < -0.4 is 5.32 Å². The zero-order valence-corrected chi connectivity index (χ0v) is 16.1. The van der Waals surface area contributed by atoms with Gasteiger partial charge in [0.15, 0.2) is 5.16 Å². The van der Waals surface area contributed by atoms with Crippen LogP contribution in [0.25, 0.3) is 16.8 Å². The van der Waals surface area contributed by atoms with Crippen LogP contribution in [-0.2, 0) is 4.79 Å². The summed E-state index contributed by atoms with van der Waals surface area (Å²) in [6.45, 7) is 4.24. The van der Waals surface area contributed by atoms with Crippen LogP contribution in [0.2, 0.25) is 0 Å². The number of fused-ring (bicyclic) bond motifs is 3. The van der Waals surface area contributed by atoms with Crippen LogP contribution >= 0.6 is 23.1 Å². The second-order valence-electron chi connectivity index (χ2n) is 6.36. The van der Waals surface area contributed by atoms with Crippen molar-refractivity contribution in [2.24, 2.45) is 5.92 Å². The van der Waals surface area contributed by atoms with Gasteiger partial charge in [0.1, 0.15) is 0 Å². The van der Waals surface area contributed by atoms with Crippen molar-refractivity contribution in [1.29, 1.82) is 0 Å². The molecule has 1 atom stereocenters. The van der Waals surface area contributed by atoms with Crippen molar-refractivity contribution in [2.45, 2.75) is 25.0 Å². The molecule has 1 aromatic carbocycles. The number of nitrogens with zero attached hydrogens (tertiary/aromatic N) is 3. The van der Waals surface area contributed by atoms with Crippen LogP contribution in [0.1, 0.15) is 24.8 Å². The van der Waals surface area contributed by atoms with E-state index in [0.717, 1.165) is 16.2 Å². The topological polar surface area (TPSA) is 75.1 Å². The van der Waals surface area contributed by atoms with E-state index >= 15 is 0 Å². The monoisotopic (exact) mass is 385 g/mol. The predicted octanol–water partition coefficient (Wildman–Crippen LogP) is 3.88. The number of rotatable bonds is 6. The third kappa shape index (κ3) is 3.22. The minimum absolute atomic E-state index is 0.00247. The number of amides is 1. The molecule has 134 valence electrons. The van der Waals surface area contributed by atoms with Crippen molar-refractivity contribution in [3.05, 3.63) is 46.7 Å². The molecule has 0 spiro atoms. The molecule has 1 unspecified atom stereocenters. The first-order chi connectivity index (χ1) is 12.6. The molecule has 0 bridgehead atoms. The van der Waals surface area contributed by atoms with E-state index in [1.54, 1.807) is 11.3 Å². The number of carbonyl (C=O) groups excluding carboxylic acids is 1. The maximum atomic E-state index is 12.5. The van der Waals surface area contributed by atoms with E-state index in [4.69, 9.17) is 0 Å². The zero-order chi connectivity index (χ0) is 18.1. The third-order valence-electron chi connectivity index (χ3n) is 4.17. The Kier molecular flexibility index (Phi) is 4.69. The molecular weight excluding hydrogens is 366 g/mol. The average molecular weight is 386 g/mol. The molecule has 8 heteroatoms. The van der Waals surface area contributed by atoms with Crippen LogP contribution in [0.15, 0.2) is 46.9 Å². The summed E-state index contributed by atoms with van der Waals surface area (Å²) in [5.41, 5.74) is 1.89. The summed E-state index contributed by atoms with van der Waals surface area (Å²) < 4.78 is 1.95. The molecular formula is C18H19N5OS2. The quantitative estimate of drug-likeness (QED) is 0.494. The van der Waals surface area contributed by atoms with Crippen molar-refractivity contribution >= 4 is 45.8 Å². The maximum Gasteiger partial charge on any atom is 0.231 e. The highest BCUT2D eigenvalue weighted by Crippen LogP contribution is 2.27. The lowest BCUT2D eigenvalue weighted by atomic mass is 10.0. The van der Waals surface area contributed by atoms with Crippen LogP contribution in [0.5, 0.6) is 0 Å². The minimum Gasteiger partial charge on any atom is -0.347 e. The lowest BCUT2D eigenvalue weighted by Gasteiger charge is -2.21. The number of benzene rings is 1. The molecule has 0 fully saturated rings. The van der Waals surface area contributed by atoms with Gasteiger partial charge in [0, 0.05) is 4.88 Å². The smallest absolute Gasteiger partial charge is 0.231 e. The molecule has 26 heavy (non-hydrogen) atoms. The third-order valence-corrected chi connectivity index (χ3v) is 6.06. The molecule has 0 aliphatic rings. The van der Waals surface area contributed by atoms with Crippen molar-refractivity contribution in [3.63, 3.8) is 0 Å². The van der Waals surface area contributed by atoms with E-state index in [1.807, 2.05) is 40.1 Å². The first kappa shape index (κ1) is 17.1. The van der Waals surface area contributed by atoms with Gasteiger partial charge in [-0.05, 0) is 29.5 Å². The molecule has 0 saturated carbocycles. The van der Waals surface area contributed by atoms with E-state index < -0.39 is 0 Å². The van der Waals surface area contributed by atoms with Gasteiger partial charge in [0.2, 0.25) is 11.7 Å². The second kappa shape index (κ2) is 7.13. The van der Waals surface area contributed by atoms with Crippen LogP contribution in [0.4, 0.5) is 0 Å². The molecule has 4 aromatic rings. The van der Waals surface area contributed by atoms with Crippen LogP contribution in [0.3, 0.4) is 0 Å². The number of hydrogen-bond acceptors (Lipinski definition) is 5. The molecule has 0 aliphatic heterocycles. The Morgan fingerprint density at radius 1 is 1.31 bits per heavy atom. The molecule has 0 saturated heterocycles. The summed E-state index contributed by atoms with van der Waals surface area (Å²) >= 11 is 3.08. The standard InChI is InChI=1S/C18H19N5OS2/c1-11(2)16(14-8-5-9-25-14)20-15(24)10-26-18-22-21-17-19-12-6-3-4-7-13(12)23(17)18/h3-9,11,16H,10H2,1-2H3,(H,19,21)(H,20,24). The number of aromatic nitrogens is 4. The van der Waals surface area contributed by atoms with Gasteiger partial charge in [-0.25, -0.2) is 10.1 Å². The second-order valence-corrected chi connectivity index (χ2v) is 8.28. The van der Waals surface area contributed by atoms with Crippen molar-refractivity contribution in [3.8, 4) is 0 Å². The van der Waals surface area contributed by atoms with Crippen LogP contribution in [-0.4, -0.2) is 31.2 Å². The Bertz CT molecular complexity index is 1030. The highest BCUT2D eigenvalue weighted by molar-refractivity contribution is 7.99. The molecule has 2 N–H and O–H groups in total. The van der Waals surface area contributed by atoms with Gasteiger partial charge in [-0.15, -0.1) is 16.4 Å². The number of carbonyl (C=O) groups is 1. The summed E-state index contributed by atoms with van der Waals surface area (Å²) in [4.78, 5) is 18.2. The van der Waals surface area contributed by atoms with Gasteiger partial charge >= 0.3 is 0 Å². The van der Waals surface area contributed by atoms with Crippen molar-refractivity contribution in [2.75, 3.05) is 5.75 Å². The SMILES string of the molecule is CC(C)C(NC(=O)CSc1n[nH]c2nc3ccccc3n12)c1cccs1. The summed E-state index contributed by atoms with van der Waals surface area (Å²) in [5.74, 6) is 1.33. The number of nitrogens with one attached hydrogen (secondary N) is 2. The number of thioether (sulfide) groups is 1. The lowest BCUT2D eigenvalue weighted by molar-refractivity contribution is -0.119.